The van der Waals surface area contributed by atoms with E-state index >= 15 is 0 Å². The van der Waals surface area contributed by atoms with Gasteiger partial charge in [-0.1, -0.05) is 22.0 Å². The molecular formula is C22H28BrNO4. The number of hydrogen-bond donors (Lipinski definition) is 1. The van der Waals surface area contributed by atoms with Crippen molar-refractivity contribution >= 4 is 33.5 Å². The summed E-state index contributed by atoms with van der Waals surface area (Å²) in [5.74, 6) is 1.75. The van der Waals surface area contributed by atoms with Gasteiger partial charge in [-0.25, -0.2) is 4.79 Å². The van der Waals surface area contributed by atoms with Gasteiger partial charge in [-0.15, -0.1) is 0 Å². The van der Waals surface area contributed by atoms with Crippen LogP contribution in [0.3, 0.4) is 0 Å². The molecule has 0 spiro atoms. The molecular weight excluding hydrogens is 422 g/mol. The SMILES string of the molecule is CCOC(=O)COc1cccc(NC(=O)CC23CC4CC(CC(Br)(C4)C2)C3)c1. The first-order chi connectivity index (χ1) is 13.4. The lowest BCUT2D eigenvalue weighted by atomic mass is 9.48. The molecule has 4 bridgehead atoms. The minimum atomic E-state index is -0.401. The minimum Gasteiger partial charge on any atom is -0.482 e. The fourth-order valence-corrected chi connectivity index (χ4v) is 7.61. The Morgan fingerprint density at radius 2 is 1.96 bits per heavy atom. The van der Waals surface area contributed by atoms with E-state index in [1.165, 1.54) is 32.1 Å². The second-order valence-electron chi connectivity index (χ2n) is 8.96. The van der Waals surface area contributed by atoms with Crippen molar-refractivity contribution in [2.24, 2.45) is 17.3 Å². The molecule has 0 heterocycles. The summed E-state index contributed by atoms with van der Waals surface area (Å²) in [6.45, 7) is 1.96. The van der Waals surface area contributed by atoms with E-state index in [2.05, 4.69) is 21.2 Å². The van der Waals surface area contributed by atoms with Gasteiger partial charge >= 0.3 is 5.97 Å². The van der Waals surface area contributed by atoms with Crippen LogP contribution in [0.15, 0.2) is 24.3 Å². The van der Waals surface area contributed by atoms with Crippen molar-refractivity contribution in [3.8, 4) is 5.75 Å². The number of amides is 1. The Kier molecular flexibility index (Phi) is 5.43. The van der Waals surface area contributed by atoms with Gasteiger partial charge in [0, 0.05) is 22.5 Å². The molecule has 2 atom stereocenters. The van der Waals surface area contributed by atoms with E-state index < -0.39 is 5.97 Å². The van der Waals surface area contributed by atoms with Gasteiger partial charge in [-0.05, 0) is 74.8 Å². The summed E-state index contributed by atoms with van der Waals surface area (Å²) in [7, 11) is 0. The Morgan fingerprint density at radius 3 is 2.64 bits per heavy atom. The monoisotopic (exact) mass is 449 g/mol. The lowest BCUT2D eigenvalue weighted by Gasteiger charge is -2.60. The Labute approximate surface area is 174 Å². The molecule has 0 aliphatic heterocycles. The molecule has 1 amide bonds. The standard InChI is InChI=1S/C22H28BrNO4/c1-2-27-20(26)13-28-18-5-3-4-17(7-18)24-19(25)12-21-8-15-6-16(9-21)11-22(23,10-15)14-21/h3-5,7,15-16H,2,6,8-14H2,1H3,(H,24,25). The maximum absolute atomic E-state index is 12.8. The quantitative estimate of drug-likeness (QED) is 0.484. The molecule has 1 aromatic carbocycles. The van der Waals surface area contributed by atoms with Crippen LogP contribution in [-0.2, 0) is 14.3 Å². The predicted octanol–water partition coefficient (Wildman–Crippen LogP) is 4.69. The van der Waals surface area contributed by atoms with Gasteiger partial charge in [-0.3, -0.25) is 4.79 Å². The molecule has 6 heteroatoms. The maximum atomic E-state index is 12.8. The van der Waals surface area contributed by atoms with E-state index in [0.717, 1.165) is 18.3 Å². The molecule has 1 N–H and O–H groups in total. The highest BCUT2D eigenvalue weighted by Gasteiger charge is 2.57. The van der Waals surface area contributed by atoms with E-state index in [9.17, 15) is 9.59 Å². The van der Waals surface area contributed by atoms with Crippen LogP contribution in [0.25, 0.3) is 0 Å². The third kappa shape index (κ3) is 4.37. The Morgan fingerprint density at radius 1 is 1.21 bits per heavy atom. The first-order valence-electron chi connectivity index (χ1n) is 10.2. The highest BCUT2D eigenvalue weighted by molar-refractivity contribution is 9.10. The minimum absolute atomic E-state index is 0.0700. The van der Waals surface area contributed by atoms with Crippen molar-refractivity contribution in [2.45, 2.75) is 56.2 Å². The zero-order chi connectivity index (χ0) is 19.8. The number of benzene rings is 1. The fraction of sp³-hybridized carbons (Fsp3) is 0.636. The zero-order valence-corrected chi connectivity index (χ0v) is 17.9. The van der Waals surface area contributed by atoms with Crippen molar-refractivity contribution in [3.05, 3.63) is 24.3 Å². The number of anilines is 1. The van der Waals surface area contributed by atoms with Gasteiger partial charge in [-0.2, -0.15) is 0 Å². The smallest absolute Gasteiger partial charge is 0.344 e. The third-order valence-electron chi connectivity index (χ3n) is 6.43. The fourth-order valence-electron chi connectivity index (χ4n) is 6.10. The highest BCUT2D eigenvalue weighted by Crippen LogP contribution is 2.65. The van der Waals surface area contributed by atoms with Crippen LogP contribution >= 0.6 is 15.9 Å². The van der Waals surface area contributed by atoms with Crippen LogP contribution in [0, 0.1) is 17.3 Å². The molecule has 2 unspecified atom stereocenters. The average molecular weight is 450 g/mol. The number of rotatable bonds is 7. The second-order valence-corrected chi connectivity index (χ2v) is 10.6. The van der Waals surface area contributed by atoms with Crippen molar-refractivity contribution < 1.29 is 19.1 Å². The van der Waals surface area contributed by atoms with Gasteiger partial charge in [0.1, 0.15) is 5.75 Å². The molecule has 28 heavy (non-hydrogen) atoms. The van der Waals surface area contributed by atoms with Gasteiger partial charge in [0.15, 0.2) is 6.61 Å². The Bertz CT molecular complexity index is 751. The number of halogens is 1. The van der Waals surface area contributed by atoms with E-state index in [1.54, 1.807) is 19.1 Å². The number of carbonyl (C=O) groups excluding carboxylic acids is 2. The number of nitrogens with one attached hydrogen (secondary N) is 1. The molecule has 4 fully saturated rings. The first kappa shape index (κ1) is 19.7. The summed E-state index contributed by atoms with van der Waals surface area (Å²) in [6, 6.07) is 7.18. The molecule has 1 aromatic rings. The number of ether oxygens (including phenoxy) is 2. The van der Waals surface area contributed by atoms with Crippen LogP contribution in [0.1, 0.15) is 51.9 Å². The summed E-state index contributed by atoms with van der Waals surface area (Å²) < 4.78 is 10.6. The lowest BCUT2D eigenvalue weighted by Crippen LogP contribution is -2.53. The molecule has 5 nitrogen and oxygen atoms in total. The van der Waals surface area contributed by atoms with Gasteiger partial charge in [0.25, 0.3) is 0 Å². The summed E-state index contributed by atoms with van der Waals surface area (Å²) in [5, 5.41) is 3.03. The molecule has 4 saturated carbocycles. The van der Waals surface area contributed by atoms with E-state index in [1.807, 2.05) is 12.1 Å². The van der Waals surface area contributed by atoms with Crippen LogP contribution in [-0.4, -0.2) is 29.4 Å². The normalized spacial score (nSPS) is 32.8. The summed E-state index contributed by atoms with van der Waals surface area (Å²) in [6.07, 6.45) is 7.96. The molecule has 5 rings (SSSR count). The van der Waals surface area contributed by atoms with Crippen LogP contribution in [0.4, 0.5) is 5.69 Å². The Hall–Kier alpha value is -1.56. The number of esters is 1. The van der Waals surface area contributed by atoms with Crippen LogP contribution in [0.2, 0.25) is 0 Å². The van der Waals surface area contributed by atoms with E-state index in [4.69, 9.17) is 9.47 Å². The van der Waals surface area contributed by atoms with Crippen LogP contribution in [0.5, 0.6) is 5.75 Å². The molecule has 0 aromatic heterocycles. The Balaban J connectivity index is 1.35. The van der Waals surface area contributed by atoms with Crippen LogP contribution < -0.4 is 10.1 Å². The zero-order valence-electron chi connectivity index (χ0n) is 16.3. The highest BCUT2D eigenvalue weighted by atomic mass is 79.9. The summed E-state index contributed by atoms with van der Waals surface area (Å²) in [4.78, 5) is 24.3. The van der Waals surface area contributed by atoms with E-state index in [-0.39, 0.29) is 22.3 Å². The van der Waals surface area contributed by atoms with Crippen molar-refractivity contribution in [1.29, 1.82) is 0 Å². The van der Waals surface area contributed by atoms with Crippen molar-refractivity contribution in [1.82, 2.24) is 0 Å². The summed E-state index contributed by atoms with van der Waals surface area (Å²) in [5.41, 5.74) is 0.847. The van der Waals surface area contributed by atoms with Gasteiger partial charge in [0.2, 0.25) is 5.91 Å². The van der Waals surface area contributed by atoms with E-state index in [0.29, 0.717) is 24.5 Å². The van der Waals surface area contributed by atoms with Crippen molar-refractivity contribution in [2.75, 3.05) is 18.5 Å². The first-order valence-corrected chi connectivity index (χ1v) is 11.0. The third-order valence-corrected chi connectivity index (χ3v) is 7.35. The number of hydrogen-bond acceptors (Lipinski definition) is 4. The molecule has 152 valence electrons. The molecule has 0 radical (unpaired) electrons. The number of carbonyl (C=O) groups is 2. The molecule has 0 saturated heterocycles. The molecule has 4 aliphatic carbocycles. The average Bonchev–Trinajstić information content (AvgIpc) is 2.57. The predicted molar refractivity (Wildman–Crippen MR) is 111 cm³/mol. The summed E-state index contributed by atoms with van der Waals surface area (Å²) >= 11 is 4.01. The second kappa shape index (κ2) is 7.69. The lowest BCUT2D eigenvalue weighted by molar-refractivity contribution is -0.145. The largest absolute Gasteiger partial charge is 0.482 e. The van der Waals surface area contributed by atoms with Gasteiger partial charge in [0.05, 0.1) is 6.61 Å². The van der Waals surface area contributed by atoms with Crippen molar-refractivity contribution in [3.63, 3.8) is 0 Å². The maximum Gasteiger partial charge on any atom is 0.344 e. The van der Waals surface area contributed by atoms with Gasteiger partial charge < -0.3 is 14.8 Å². The number of alkyl halides is 1. The molecule has 4 aliphatic rings. The topological polar surface area (TPSA) is 64.6 Å².